The van der Waals surface area contributed by atoms with Gasteiger partial charge in [-0.1, -0.05) is 34.6 Å². The van der Waals surface area contributed by atoms with Crippen LogP contribution in [0, 0.1) is 0 Å². The van der Waals surface area contributed by atoms with Gasteiger partial charge in [0.2, 0.25) is 0 Å². The molecule has 0 aliphatic rings. The Hall–Kier alpha value is -0.613. The van der Waals surface area contributed by atoms with E-state index in [9.17, 15) is 0 Å². The van der Waals surface area contributed by atoms with E-state index in [4.69, 9.17) is 4.43 Å². The summed E-state index contributed by atoms with van der Waals surface area (Å²) in [7, 11) is -1.66. The van der Waals surface area contributed by atoms with Crippen molar-refractivity contribution in [2.75, 3.05) is 6.61 Å². The van der Waals surface area contributed by atoms with Gasteiger partial charge in [0.25, 0.3) is 0 Å². The summed E-state index contributed by atoms with van der Waals surface area (Å²) in [5.41, 5.74) is 1.13. The highest BCUT2D eigenvalue weighted by Gasteiger charge is 2.38. The average molecular weight is 254 g/mol. The largest absolute Gasteiger partial charge is 0.416 e. The number of hydrogen-bond acceptors (Lipinski definition) is 2. The van der Waals surface area contributed by atoms with Crippen LogP contribution in [0.25, 0.3) is 0 Å². The molecule has 4 heteroatoms. The first-order valence-electron chi connectivity index (χ1n) is 6.20. The van der Waals surface area contributed by atoms with Crippen molar-refractivity contribution in [3.8, 4) is 0 Å². The molecule has 17 heavy (non-hydrogen) atoms. The Morgan fingerprint density at radius 3 is 2.24 bits per heavy atom. The minimum atomic E-state index is -1.66. The van der Waals surface area contributed by atoms with Gasteiger partial charge < -0.3 is 4.43 Å². The smallest absolute Gasteiger partial charge is 0.192 e. The van der Waals surface area contributed by atoms with Crippen molar-refractivity contribution in [1.82, 2.24) is 10.2 Å². The summed E-state index contributed by atoms with van der Waals surface area (Å²) in [5, 5.41) is 7.31. The standard InChI is InChI=1S/C13H26N2OSi/c1-12(2,3)17(6,7)16-10-13(4,5)11-8-9-14-15-11/h8-9H,10H2,1-7H3,(H,14,15). The van der Waals surface area contributed by atoms with E-state index in [1.807, 2.05) is 6.07 Å². The second-order valence-electron chi connectivity index (χ2n) is 6.90. The highest BCUT2D eigenvalue weighted by Crippen LogP contribution is 2.37. The molecular weight excluding hydrogens is 228 g/mol. The van der Waals surface area contributed by atoms with Gasteiger partial charge >= 0.3 is 0 Å². The van der Waals surface area contributed by atoms with Crippen LogP contribution in [0.1, 0.15) is 40.3 Å². The molecule has 0 unspecified atom stereocenters. The first-order valence-corrected chi connectivity index (χ1v) is 9.11. The number of aromatic amines is 1. The minimum absolute atomic E-state index is 0.00792. The van der Waals surface area contributed by atoms with Gasteiger partial charge in [-0.05, 0) is 24.2 Å². The fourth-order valence-electron chi connectivity index (χ4n) is 1.29. The molecule has 0 aromatic carbocycles. The van der Waals surface area contributed by atoms with E-state index in [0.717, 1.165) is 12.3 Å². The van der Waals surface area contributed by atoms with E-state index in [-0.39, 0.29) is 10.5 Å². The second kappa shape index (κ2) is 4.57. The van der Waals surface area contributed by atoms with E-state index < -0.39 is 8.32 Å². The van der Waals surface area contributed by atoms with Gasteiger partial charge in [0.05, 0.1) is 0 Å². The van der Waals surface area contributed by atoms with Crippen molar-refractivity contribution in [2.24, 2.45) is 0 Å². The lowest BCUT2D eigenvalue weighted by Crippen LogP contribution is -2.44. The second-order valence-corrected chi connectivity index (χ2v) is 11.7. The van der Waals surface area contributed by atoms with Crippen LogP contribution in [0.2, 0.25) is 18.1 Å². The first-order chi connectivity index (χ1) is 7.56. The van der Waals surface area contributed by atoms with Gasteiger partial charge in [-0.3, -0.25) is 5.10 Å². The lowest BCUT2D eigenvalue weighted by atomic mass is 9.91. The predicted octanol–water partition coefficient (Wildman–Crippen LogP) is 3.71. The maximum absolute atomic E-state index is 6.27. The quantitative estimate of drug-likeness (QED) is 0.832. The van der Waals surface area contributed by atoms with Gasteiger partial charge in [-0.25, -0.2) is 0 Å². The summed E-state index contributed by atoms with van der Waals surface area (Å²) in [6.07, 6.45) is 1.80. The van der Waals surface area contributed by atoms with Gasteiger partial charge in [-0.15, -0.1) is 0 Å². The zero-order valence-electron chi connectivity index (χ0n) is 12.2. The maximum atomic E-state index is 6.27. The Bertz CT molecular complexity index is 350. The van der Waals surface area contributed by atoms with Crippen LogP contribution < -0.4 is 0 Å². The van der Waals surface area contributed by atoms with Crippen molar-refractivity contribution in [3.05, 3.63) is 18.0 Å². The van der Waals surface area contributed by atoms with Crippen LogP contribution in [0.4, 0.5) is 0 Å². The molecular formula is C13H26N2OSi. The molecule has 0 spiro atoms. The molecule has 0 aliphatic heterocycles. The molecule has 3 nitrogen and oxygen atoms in total. The highest BCUT2D eigenvalue weighted by atomic mass is 28.4. The van der Waals surface area contributed by atoms with E-state index in [2.05, 4.69) is 57.9 Å². The van der Waals surface area contributed by atoms with Crippen molar-refractivity contribution in [2.45, 2.75) is 58.2 Å². The molecule has 0 saturated heterocycles. The summed E-state index contributed by atoms with van der Waals surface area (Å²) in [4.78, 5) is 0. The number of aromatic nitrogens is 2. The van der Waals surface area contributed by atoms with E-state index in [1.54, 1.807) is 6.20 Å². The molecule has 0 atom stereocenters. The zero-order valence-corrected chi connectivity index (χ0v) is 13.2. The SMILES string of the molecule is CC(C)(CO[Si](C)(C)C(C)(C)C)c1ccn[nH]1. The Balaban J connectivity index is 2.68. The predicted molar refractivity (Wildman–Crippen MR) is 74.8 cm³/mol. The topological polar surface area (TPSA) is 37.9 Å². The van der Waals surface area contributed by atoms with E-state index in [0.29, 0.717) is 0 Å². The van der Waals surface area contributed by atoms with Crippen LogP contribution in [0.15, 0.2) is 12.3 Å². The maximum Gasteiger partial charge on any atom is 0.192 e. The number of H-pyrrole nitrogens is 1. The first kappa shape index (κ1) is 14.4. The number of rotatable bonds is 4. The molecule has 98 valence electrons. The summed E-state index contributed by atoms with van der Waals surface area (Å²) in [6.45, 7) is 16.5. The molecule has 0 radical (unpaired) electrons. The molecule has 0 aliphatic carbocycles. The van der Waals surface area contributed by atoms with Crippen molar-refractivity contribution >= 4 is 8.32 Å². The Morgan fingerprint density at radius 2 is 1.82 bits per heavy atom. The lowest BCUT2D eigenvalue weighted by Gasteiger charge is -2.38. The van der Waals surface area contributed by atoms with E-state index in [1.165, 1.54) is 0 Å². The van der Waals surface area contributed by atoms with Crippen molar-refractivity contribution in [3.63, 3.8) is 0 Å². The summed E-state index contributed by atoms with van der Waals surface area (Å²) >= 11 is 0. The van der Waals surface area contributed by atoms with Crippen LogP contribution in [-0.2, 0) is 9.84 Å². The Labute approximate surface area is 106 Å². The van der Waals surface area contributed by atoms with Gasteiger partial charge in [0, 0.05) is 23.9 Å². The average Bonchev–Trinajstić information content (AvgIpc) is 2.66. The lowest BCUT2D eigenvalue weighted by molar-refractivity contribution is 0.217. The highest BCUT2D eigenvalue weighted by molar-refractivity contribution is 6.74. The van der Waals surface area contributed by atoms with Gasteiger partial charge in [0.1, 0.15) is 0 Å². The number of nitrogens with one attached hydrogen (secondary N) is 1. The molecule has 0 amide bonds. The van der Waals surface area contributed by atoms with Crippen LogP contribution in [-0.4, -0.2) is 25.1 Å². The third-order valence-electron chi connectivity index (χ3n) is 3.83. The van der Waals surface area contributed by atoms with Crippen LogP contribution in [0.3, 0.4) is 0 Å². The third kappa shape index (κ3) is 3.42. The number of nitrogens with zero attached hydrogens (tertiary/aromatic N) is 1. The van der Waals surface area contributed by atoms with Crippen molar-refractivity contribution < 1.29 is 4.43 Å². The molecule has 1 heterocycles. The summed E-state index contributed by atoms with van der Waals surface area (Å²) < 4.78 is 6.27. The monoisotopic (exact) mass is 254 g/mol. The van der Waals surface area contributed by atoms with Crippen LogP contribution >= 0.6 is 0 Å². The molecule has 1 aromatic rings. The third-order valence-corrected chi connectivity index (χ3v) is 8.31. The van der Waals surface area contributed by atoms with Crippen molar-refractivity contribution in [1.29, 1.82) is 0 Å². The minimum Gasteiger partial charge on any atom is -0.416 e. The molecule has 1 aromatic heterocycles. The Kier molecular flexibility index (Phi) is 3.89. The van der Waals surface area contributed by atoms with Gasteiger partial charge in [-0.2, -0.15) is 5.10 Å². The summed E-state index contributed by atoms with van der Waals surface area (Å²) in [6, 6.07) is 2.02. The zero-order chi connectivity index (χ0) is 13.3. The molecule has 1 N–H and O–H groups in total. The van der Waals surface area contributed by atoms with Gasteiger partial charge in [0.15, 0.2) is 8.32 Å². The molecule has 0 saturated carbocycles. The molecule has 1 rings (SSSR count). The fraction of sp³-hybridized carbons (Fsp3) is 0.769. The molecule has 0 fully saturated rings. The summed E-state index contributed by atoms with van der Waals surface area (Å²) in [5.74, 6) is 0. The number of hydrogen-bond donors (Lipinski definition) is 1. The molecule has 0 bridgehead atoms. The van der Waals surface area contributed by atoms with Crippen LogP contribution in [0.5, 0.6) is 0 Å². The van der Waals surface area contributed by atoms with E-state index >= 15 is 0 Å². The normalized spacial score (nSPS) is 14.1. The Morgan fingerprint density at radius 1 is 1.24 bits per heavy atom. The fourth-order valence-corrected chi connectivity index (χ4v) is 2.44.